The number of imidazole rings is 1. The molecule has 8 heteroatoms. The molecule has 0 aliphatic rings. The molecule has 3 aromatic heterocycles. The number of carbonyl (C=O) groups is 1. The Kier molecular flexibility index (Phi) is 4.30. The molecule has 29 heavy (non-hydrogen) atoms. The molecule has 0 aliphatic heterocycles. The first-order valence-corrected chi connectivity index (χ1v) is 10.3. The van der Waals surface area contributed by atoms with Crippen LogP contribution >= 0.6 is 27.3 Å². The van der Waals surface area contributed by atoms with Gasteiger partial charge in [0.1, 0.15) is 11.1 Å². The van der Waals surface area contributed by atoms with Crippen LogP contribution in [0.5, 0.6) is 0 Å². The smallest absolute Gasteiger partial charge is 0.349 e. The number of nitrogens with zero attached hydrogens (tertiary/aromatic N) is 2. The number of halogens is 1. The van der Waals surface area contributed by atoms with Gasteiger partial charge in [-0.3, -0.25) is 9.20 Å². The van der Waals surface area contributed by atoms with Gasteiger partial charge in [0.2, 0.25) is 0 Å². The molecule has 5 aromatic rings. The first-order valence-electron chi connectivity index (χ1n) is 8.65. The van der Waals surface area contributed by atoms with E-state index in [1.807, 2.05) is 40.4 Å². The number of rotatable bonds is 3. The number of amides is 1. The van der Waals surface area contributed by atoms with Gasteiger partial charge in [0.25, 0.3) is 5.91 Å². The molecule has 0 spiro atoms. The topological polar surface area (TPSA) is 76.6 Å². The quantitative estimate of drug-likeness (QED) is 0.372. The lowest BCUT2D eigenvalue weighted by molar-refractivity contribution is 0.102. The maximum atomic E-state index is 12.9. The van der Waals surface area contributed by atoms with Gasteiger partial charge < -0.3 is 9.73 Å². The number of hydrogen-bond donors (Lipinski definition) is 1. The Bertz CT molecular complexity index is 1420. The third-order valence-electron chi connectivity index (χ3n) is 4.48. The van der Waals surface area contributed by atoms with E-state index in [2.05, 4.69) is 26.2 Å². The number of thiazole rings is 1. The fourth-order valence-electron chi connectivity index (χ4n) is 3.11. The van der Waals surface area contributed by atoms with Crippen LogP contribution in [0.1, 0.15) is 10.4 Å². The van der Waals surface area contributed by atoms with E-state index >= 15 is 0 Å². The highest BCUT2D eigenvalue weighted by Gasteiger charge is 2.17. The summed E-state index contributed by atoms with van der Waals surface area (Å²) in [5.41, 5.74) is 1.76. The highest BCUT2D eigenvalue weighted by molar-refractivity contribution is 9.10. The predicted octanol–water partition coefficient (Wildman–Crippen LogP) is 5.18. The normalized spacial score (nSPS) is 11.2. The van der Waals surface area contributed by atoms with Crippen molar-refractivity contribution in [3.05, 3.63) is 86.8 Å². The zero-order valence-corrected chi connectivity index (χ0v) is 17.2. The van der Waals surface area contributed by atoms with E-state index in [0.29, 0.717) is 16.7 Å². The highest BCUT2D eigenvalue weighted by Crippen LogP contribution is 2.29. The van der Waals surface area contributed by atoms with Crippen LogP contribution in [0.25, 0.3) is 27.2 Å². The van der Waals surface area contributed by atoms with E-state index in [1.54, 1.807) is 24.3 Å². The Morgan fingerprint density at radius 2 is 2.03 bits per heavy atom. The van der Waals surface area contributed by atoms with E-state index in [9.17, 15) is 9.59 Å². The molecule has 3 heterocycles. The molecule has 1 N–H and O–H groups in total. The molecule has 142 valence electrons. The van der Waals surface area contributed by atoms with Crippen molar-refractivity contribution in [3.8, 4) is 11.3 Å². The van der Waals surface area contributed by atoms with Gasteiger partial charge in [0.05, 0.1) is 11.4 Å². The molecule has 0 fully saturated rings. The van der Waals surface area contributed by atoms with E-state index in [0.717, 1.165) is 20.7 Å². The second-order valence-corrected chi connectivity index (χ2v) is 8.14. The van der Waals surface area contributed by atoms with Crippen LogP contribution in [0.15, 0.2) is 80.0 Å². The second kappa shape index (κ2) is 6.98. The lowest BCUT2D eigenvalue weighted by Gasteiger charge is -2.09. The molecular formula is C21H12BrN3O3S. The molecule has 1 amide bonds. The zero-order chi connectivity index (χ0) is 20.0. The molecule has 0 unspecified atom stereocenters. The maximum absolute atomic E-state index is 12.9. The van der Waals surface area contributed by atoms with Crippen molar-refractivity contribution in [2.24, 2.45) is 0 Å². The first-order chi connectivity index (χ1) is 14.1. The predicted molar refractivity (Wildman–Crippen MR) is 117 cm³/mol. The average molecular weight is 466 g/mol. The summed E-state index contributed by atoms with van der Waals surface area (Å²) in [4.78, 5) is 30.7. The van der Waals surface area contributed by atoms with Crippen molar-refractivity contribution in [2.45, 2.75) is 0 Å². The maximum Gasteiger partial charge on any atom is 0.349 e. The first kappa shape index (κ1) is 17.8. The summed E-state index contributed by atoms with van der Waals surface area (Å²) in [7, 11) is 0. The van der Waals surface area contributed by atoms with E-state index in [4.69, 9.17) is 4.42 Å². The van der Waals surface area contributed by atoms with Gasteiger partial charge in [-0.05, 0) is 30.3 Å². The number of para-hydroxylation sites is 1. The van der Waals surface area contributed by atoms with Crippen LogP contribution in [0.3, 0.4) is 0 Å². The Hall–Kier alpha value is -3.23. The Labute approximate surface area is 176 Å². The van der Waals surface area contributed by atoms with Crippen molar-refractivity contribution >= 4 is 54.8 Å². The number of carbonyl (C=O) groups excluding carboxylic acids is 1. The summed E-state index contributed by atoms with van der Waals surface area (Å²) in [6.45, 7) is 0. The van der Waals surface area contributed by atoms with Gasteiger partial charge in [-0.1, -0.05) is 34.1 Å². The fraction of sp³-hybridized carbons (Fsp3) is 0. The van der Waals surface area contributed by atoms with Crippen LogP contribution in [0.4, 0.5) is 5.69 Å². The standard InChI is InChI=1S/C21H12BrN3O3S/c22-13-5-6-18-12(9-13)10-15(20(27)28-18)19(26)23-16-4-2-1-3-14(16)17-11-25-7-8-29-21(25)24-17/h1-11H,(H,23,26). The number of anilines is 1. The van der Waals surface area contributed by atoms with E-state index in [-0.39, 0.29) is 5.56 Å². The largest absolute Gasteiger partial charge is 0.422 e. The highest BCUT2D eigenvalue weighted by atomic mass is 79.9. The summed E-state index contributed by atoms with van der Waals surface area (Å²) >= 11 is 4.91. The summed E-state index contributed by atoms with van der Waals surface area (Å²) < 4.78 is 8.05. The van der Waals surface area contributed by atoms with Crippen LogP contribution in [-0.4, -0.2) is 15.3 Å². The minimum absolute atomic E-state index is 0.0590. The molecule has 0 saturated heterocycles. The second-order valence-electron chi connectivity index (χ2n) is 6.35. The van der Waals surface area contributed by atoms with Gasteiger partial charge >= 0.3 is 5.63 Å². The van der Waals surface area contributed by atoms with Crippen LogP contribution in [-0.2, 0) is 0 Å². The van der Waals surface area contributed by atoms with Crippen molar-refractivity contribution in [3.63, 3.8) is 0 Å². The van der Waals surface area contributed by atoms with Crippen LogP contribution in [0.2, 0.25) is 0 Å². The number of fused-ring (bicyclic) bond motifs is 2. The number of nitrogens with one attached hydrogen (secondary N) is 1. The van der Waals surface area contributed by atoms with E-state index in [1.165, 1.54) is 17.4 Å². The Morgan fingerprint density at radius 3 is 2.90 bits per heavy atom. The summed E-state index contributed by atoms with van der Waals surface area (Å²) in [5.74, 6) is -0.533. The van der Waals surface area contributed by atoms with Crippen LogP contribution < -0.4 is 10.9 Å². The minimum Gasteiger partial charge on any atom is -0.422 e. The van der Waals surface area contributed by atoms with Gasteiger partial charge in [-0.15, -0.1) is 11.3 Å². The minimum atomic E-state index is -0.683. The van der Waals surface area contributed by atoms with Gasteiger partial charge in [0, 0.05) is 33.2 Å². The molecule has 6 nitrogen and oxygen atoms in total. The molecule has 5 rings (SSSR count). The van der Waals surface area contributed by atoms with Gasteiger partial charge in [0.15, 0.2) is 4.96 Å². The van der Waals surface area contributed by atoms with Crippen molar-refractivity contribution in [2.75, 3.05) is 5.32 Å². The van der Waals surface area contributed by atoms with Crippen molar-refractivity contribution in [1.82, 2.24) is 9.38 Å². The number of hydrogen-bond acceptors (Lipinski definition) is 5. The summed E-state index contributed by atoms with van der Waals surface area (Å²) in [6.07, 6.45) is 3.83. The molecule has 0 aliphatic carbocycles. The Morgan fingerprint density at radius 1 is 1.17 bits per heavy atom. The molecule has 0 bridgehead atoms. The molecule has 0 atom stereocenters. The van der Waals surface area contributed by atoms with E-state index < -0.39 is 11.5 Å². The SMILES string of the molecule is O=C(Nc1ccccc1-c1cn2ccsc2n1)c1cc2cc(Br)ccc2oc1=O. The molecular weight excluding hydrogens is 454 g/mol. The molecule has 2 aromatic carbocycles. The summed E-state index contributed by atoms with van der Waals surface area (Å²) in [6, 6.07) is 14.1. The monoisotopic (exact) mass is 465 g/mol. The van der Waals surface area contributed by atoms with Gasteiger partial charge in [-0.25, -0.2) is 9.78 Å². The van der Waals surface area contributed by atoms with Crippen LogP contribution in [0, 0.1) is 0 Å². The van der Waals surface area contributed by atoms with Crippen molar-refractivity contribution in [1.29, 1.82) is 0 Å². The lowest BCUT2D eigenvalue weighted by atomic mass is 10.1. The average Bonchev–Trinajstić information content (AvgIpc) is 3.30. The molecule has 0 saturated carbocycles. The Balaban J connectivity index is 1.53. The fourth-order valence-corrected chi connectivity index (χ4v) is 4.19. The zero-order valence-electron chi connectivity index (χ0n) is 14.8. The third kappa shape index (κ3) is 3.26. The summed E-state index contributed by atoms with van der Waals surface area (Å²) in [5, 5.41) is 5.44. The number of benzene rings is 2. The third-order valence-corrected chi connectivity index (χ3v) is 5.75. The number of aromatic nitrogens is 2. The lowest BCUT2D eigenvalue weighted by Crippen LogP contribution is -2.21. The van der Waals surface area contributed by atoms with Crippen molar-refractivity contribution < 1.29 is 9.21 Å². The van der Waals surface area contributed by atoms with Gasteiger partial charge in [-0.2, -0.15) is 0 Å². The molecule has 0 radical (unpaired) electrons.